The van der Waals surface area contributed by atoms with Gasteiger partial charge in [-0.05, 0) is 0 Å². The molecule has 0 aliphatic heterocycles. The largest absolute Gasteiger partial charge is 0.464 e. The second-order valence-electron chi connectivity index (χ2n) is 3.69. The number of nitrogen functional groups attached to an aromatic ring is 1. The van der Waals surface area contributed by atoms with E-state index in [1.165, 1.54) is 7.11 Å². The zero-order chi connectivity index (χ0) is 13.7. The van der Waals surface area contributed by atoms with Crippen LogP contribution in [-0.4, -0.2) is 38.3 Å². The maximum Gasteiger partial charge on any atom is 0.360 e. The Morgan fingerprint density at radius 3 is 2.67 bits per heavy atom. The first-order valence-corrected chi connectivity index (χ1v) is 7.32. The molecule has 0 bridgehead atoms. The summed E-state index contributed by atoms with van der Waals surface area (Å²) in [5.41, 5.74) is 6.02. The third-order valence-electron chi connectivity index (χ3n) is 2.65. The van der Waals surface area contributed by atoms with Gasteiger partial charge in [-0.1, -0.05) is 13.8 Å². The van der Waals surface area contributed by atoms with Gasteiger partial charge in [0.25, 0.3) is 0 Å². The standard InChI is InChI=1S/C11H19N3O3S/c1-4-8-13-9(11(15)17-3)10(12)14(8)6-7-18(16)5-2/h4-7,12H2,1-3H3. The monoisotopic (exact) mass is 273 g/mol. The number of hydrogen-bond acceptors (Lipinski definition) is 5. The van der Waals surface area contributed by atoms with Gasteiger partial charge in [0.15, 0.2) is 5.69 Å². The number of methoxy groups -OCH3 is 1. The molecule has 1 aromatic rings. The van der Waals surface area contributed by atoms with Crippen LogP contribution in [0.1, 0.15) is 30.2 Å². The lowest BCUT2D eigenvalue weighted by Crippen LogP contribution is -2.14. The van der Waals surface area contributed by atoms with Crippen molar-refractivity contribution in [1.29, 1.82) is 0 Å². The quantitative estimate of drug-likeness (QED) is 0.766. The van der Waals surface area contributed by atoms with E-state index in [0.29, 0.717) is 30.3 Å². The topological polar surface area (TPSA) is 87.2 Å². The van der Waals surface area contributed by atoms with Crippen molar-refractivity contribution in [2.45, 2.75) is 26.8 Å². The van der Waals surface area contributed by atoms with Gasteiger partial charge in [-0.3, -0.25) is 4.21 Å². The zero-order valence-corrected chi connectivity index (χ0v) is 11.7. The molecule has 1 unspecified atom stereocenters. The van der Waals surface area contributed by atoms with Gasteiger partial charge >= 0.3 is 5.97 Å². The Kier molecular flexibility index (Phi) is 5.33. The Hall–Kier alpha value is -1.37. The number of rotatable bonds is 6. The van der Waals surface area contributed by atoms with Gasteiger partial charge in [-0.15, -0.1) is 0 Å². The van der Waals surface area contributed by atoms with Gasteiger partial charge in [0, 0.05) is 35.3 Å². The maximum atomic E-state index is 11.5. The van der Waals surface area contributed by atoms with Crippen molar-refractivity contribution in [3.05, 3.63) is 11.5 Å². The Labute approximate surface area is 109 Å². The maximum absolute atomic E-state index is 11.5. The van der Waals surface area contributed by atoms with Crippen LogP contribution in [0.5, 0.6) is 0 Å². The van der Waals surface area contributed by atoms with Crippen molar-refractivity contribution in [2.24, 2.45) is 0 Å². The molecule has 102 valence electrons. The minimum Gasteiger partial charge on any atom is -0.464 e. The molecule has 6 nitrogen and oxygen atoms in total. The highest BCUT2D eigenvalue weighted by molar-refractivity contribution is 7.84. The lowest BCUT2D eigenvalue weighted by atomic mass is 10.4. The van der Waals surface area contributed by atoms with E-state index in [0.717, 1.165) is 0 Å². The fraction of sp³-hybridized carbons (Fsp3) is 0.636. The summed E-state index contributed by atoms with van der Waals surface area (Å²) >= 11 is 0. The van der Waals surface area contributed by atoms with Crippen LogP contribution in [0.4, 0.5) is 5.82 Å². The molecular weight excluding hydrogens is 254 g/mol. The molecule has 0 aliphatic carbocycles. The molecule has 1 aromatic heterocycles. The van der Waals surface area contributed by atoms with Crippen molar-refractivity contribution in [1.82, 2.24) is 9.55 Å². The minimum absolute atomic E-state index is 0.136. The van der Waals surface area contributed by atoms with Gasteiger partial charge in [0.1, 0.15) is 11.6 Å². The first kappa shape index (κ1) is 14.7. The Morgan fingerprint density at radius 2 is 2.17 bits per heavy atom. The molecule has 0 spiro atoms. The number of aryl methyl sites for hydroxylation is 1. The predicted molar refractivity (Wildman–Crippen MR) is 70.9 cm³/mol. The average Bonchev–Trinajstić information content (AvgIpc) is 2.71. The number of nitrogens with two attached hydrogens (primary N) is 1. The number of anilines is 1. The number of ether oxygens (including phenoxy) is 1. The number of aromatic nitrogens is 2. The van der Waals surface area contributed by atoms with Gasteiger partial charge in [-0.25, -0.2) is 9.78 Å². The Bertz CT molecular complexity index is 457. The van der Waals surface area contributed by atoms with E-state index in [1.807, 2.05) is 13.8 Å². The van der Waals surface area contributed by atoms with E-state index >= 15 is 0 Å². The smallest absolute Gasteiger partial charge is 0.360 e. The lowest BCUT2D eigenvalue weighted by Gasteiger charge is -2.07. The predicted octanol–water partition coefficient (Wildman–Crippen LogP) is 0.583. The van der Waals surface area contributed by atoms with E-state index in [-0.39, 0.29) is 11.5 Å². The van der Waals surface area contributed by atoms with Crippen LogP contribution in [-0.2, 0) is 28.5 Å². The molecule has 1 heterocycles. The fourth-order valence-electron chi connectivity index (χ4n) is 1.62. The highest BCUT2D eigenvalue weighted by Crippen LogP contribution is 2.16. The van der Waals surface area contributed by atoms with Crippen LogP contribution >= 0.6 is 0 Å². The molecule has 0 amide bonds. The molecular formula is C11H19N3O3S. The van der Waals surface area contributed by atoms with Crippen molar-refractivity contribution in [2.75, 3.05) is 24.3 Å². The molecule has 0 fully saturated rings. The third-order valence-corrected chi connectivity index (χ3v) is 3.93. The fourth-order valence-corrected chi connectivity index (χ4v) is 2.29. The number of esters is 1. The normalized spacial score (nSPS) is 12.4. The number of carbonyl (C=O) groups is 1. The molecule has 0 radical (unpaired) electrons. The summed E-state index contributed by atoms with van der Waals surface area (Å²) < 4.78 is 17.8. The molecule has 0 saturated carbocycles. The molecule has 18 heavy (non-hydrogen) atoms. The number of carbonyl (C=O) groups excluding carboxylic acids is 1. The highest BCUT2D eigenvalue weighted by atomic mass is 32.2. The summed E-state index contributed by atoms with van der Waals surface area (Å²) in [6.45, 7) is 4.30. The molecule has 0 saturated heterocycles. The van der Waals surface area contributed by atoms with Crippen molar-refractivity contribution in [3.8, 4) is 0 Å². The number of nitrogens with zero attached hydrogens (tertiary/aromatic N) is 2. The summed E-state index contributed by atoms with van der Waals surface area (Å²) in [5, 5.41) is 0. The highest BCUT2D eigenvalue weighted by Gasteiger charge is 2.20. The Morgan fingerprint density at radius 1 is 1.50 bits per heavy atom. The summed E-state index contributed by atoms with van der Waals surface area (Å²) in [6.07, 6.45) is 0.653. The van der Waals surface area contributed by atoms with Gasteiger partial charge in [0.05, 0.1) is 7.11 Å². The summed E-state index contributed by atoms with van der Waals surface area (Å²) in [4.78, 5) is 15.6. The van der Waals surface area contributed by atoms with E-state index in [4.69, 9.17) is 5.73 Å². The van der Waals surface area contributed by atoms with E-state index in [9.17, 15) is 9.00 Å². The summed E-state index contributed by atoms with van der Waals surface area (Å²) in [5.74, 6) is 1.57. The second kappa shape index (κ2) is 6.53. The second-order valence-corrected chi connectivity index (χ2v) is 5.56. The van der Waals surface area contributed by atoms with Crippen LogP contribution in [0.25, 0.3) is 0 Å². The number of imidazole rings is 1. The van der Waals surface area contributed by atoms with E-state index < -0.39 is 16.8 Å². The van der Waals surface area contributed by atoms with Crippen molar-refractivity contribution >= 4 is 22.6 Å². The first-order chi connectivity index (χ1) is 8.54. The number of hydrogen-bond donors (Lipinski definition) is 1. The van der Waals surface area contributed by atoms with Crippen LogP contribution in [0.15, 0.2) is 0 Å². The molecule has 7 heteroatoms. The Balaban J connectivity index is 2.99. The minimum atomic E-state index is -0.870. The van der Waals surface area contributed by atoms with E-state index in [1.54, 1.807) is 4.57 Å². The van der Waals surface area contributed by atoms with Crippen LogP contribution < -0.4 is 5.73 Å². The first-order valence-electron chi connectivity index (χ1n) is 5.83. The third kappa shape index (κ3) is 3.10. The van der Waals surface area contributed by atoms with Crippen molar-refractivity contribution < 1.29 is 13.7 Å². The van der Waals surface area contributed by atoms with Gasteiger partial charge in [0.2, 0.25) is 0 Å². The van der Waals surface area contributed by atoms with Crippen LogP contribution in [0, 0.1) is 0 Å². The van der Waals surface area contributed by atoms with Gasteiger partial charge < -0.3 is 15.0 Å². The molecule has 0 aliphatic rings. The summed E-state index contributed by atoms with van der Waals surface area (Å²) in [7, 11) is 0.421. The van der Waals surface area contributed by atoms with Crippen LogP contribution in [0.2, 0.25) is 0 Å². The zero-order valence-electron chi connectivity index (χ0n) is 10.9. The lowest BCUT2D eigenvalue weighted by molar-refractivity contribution is 0.0595. The van der Waals surface area contributed by atoms with E-state index in [2.05, 4.69) is 9.72 Å². The molecule has 1 rings (SSSR count). The van der Waals surface area contributed by atoms with Gasteiger partial charge in [-0.2, -0.15) is 0 Å². The SMILES string of the molecule is CCc1nc(C(=O)OC)c(N)n1CCS(=O)CC. The molecule has 0 aromatic carbocycles. The average molecular weight is 273 g/mol. The van der Waals surface area contributed by atoms with Crippen molar-refractivity contribution in [3.63, 3.8) is 0 Å². The molecule has 1 atom stereocenters. The summed E-state index contributed by atoms with van der Waals surface area (Å²) in [6, 6.07) is 0. The van der Waals surface area contributed by atoms with Crippen LogP contribution in [0.3, 0.4) is 0 Å². The molecule has 2 N–H and O–H groups in total.